The highest BCUT2D eigenvalue weighted by molar-refractivity contribution is 7.89. The van der Waals surface area contributed by atoms with Crippen LogP contribution < -0.4 is 10.5 Å². The maximum absolute atomic E-state index is 12.2. The van der Waals surface area contributed by atoms with Crippen LogP contribution >= 0.6 is 0 Å². The molecular formula is C11H16N6O2S. The minimum atomic E-state index is -3.63. The SMILES string of the molecule is CCC(N)c1cccc(S(=O)(=O)NCc2nn[nH]n2)c1. The van der Waals surface area contributed by atoms with Gasteiger partial charge in [0.25, 0.3) is 0 Å². The van der Waals surface area contributed by atoms with Gasteiger partial charge in [0.05, 0.1) is 11.4 Å². The average Bonchev–Trinajstić information content (AvgIpc) is 2.98. The highest BCUT2D eigenvalue weighted by Gasteiger charge is 2.16. The lowest BCUT2D eigenvalue weighted by Crippen LogP contribution is -2.24. The largest absolute Gasteiger partial charge is 0.324 e. The molecule has 0 fully saturated rings. The Balaban J connectivity index is 2.16. The second kappa shape index (κ2) is 6.07. The first-order valence-corrected chi connectivity index (χ1v) is 7.59. The van der Waals surface area contributed by atoms with Crippen LogP contribution in [0.4, 0.5) is 0 Å². The van der Waals surface area contributed by atoms with Crippen molar-refractivity contribution in [2.75, 3.05) is 0 Å². The standard InChI is InChI=1S/C11H16N6O2S/c1-2-10(12)8-4-3-5-9(6-8)20(18,19)13-7-11-14-16-17-15-11/h3-6,10,13H,2,7,12H2,1H3,(H,14,15,16,17). The molecule has 1 aromatic heterocycles. The maximum atomic E-state index is 12.2. The summed E-state index contributed by atoms with van der Waals surface area (Å²) in [6, 6.07) is 6.40. The molecule has 1 aromatic carbocycles. The van der Waals surface area contributed by atoms with Crippen molar-refractivity contribution in [3.05, 3.63) is 35.7 Å². The van der Waals surface area contributed by atoms with Crippen molar-refractivity contribution in [3.8, 4) is 0 Å². The van der Waals surface area contributed by atoms with Crippen LogP contribution in [-0.2, 0) is 16.6 Å². The minimum Gasteiger partial charge on any atom is -0.324 e. The van der Waals surface area contributed by atoms with Crippen LogP contribution in [0.15, 0.2) is 29.2 Å². The van der Waals surface area contributed by atoms with Gasteiger partial charge in [0, 0.05) is 6.04 Å². The Bertz CT molecular complexity index is 655. The Morgan fingerprint density at radius 2 is 2.25 bits per heavy atom. The molecule has 8 nitrogen and oxygen atoms in total. The number of benzene rings is 1. The van der Waals surface area contributed by atoms with Crippen molar-refractivity contribution in [2.24, 2.45) is 5.73 Å². The van der Waals surface area contributed by atoms with Gasteiger partial charge in [-0.3, -0.25) is 0 Å². The van der Waals surface area contributed by atoms with E-state index in [0.717, 1.165) is 12.0 Å². The lowest BCUT2D eigenvalue weighted by atomic mass is 10.1. The number of tetrazole rings is 1. The van der Waals surface area contributed by atoms with Gasteiger partial charge >= 0.3 is 0 Å². The van der Waals surface area contributed by atoms with Gasteiger partial charge in [0.15, 0.2) is 5.82 Å². The van der Waals surface area contributed by atoms with Crippen LogP contribution in [-0.4, -0.2) is 29.0 Å². The van der Waals surface area contributed by atoms with E-state index in [4.69, 9.17) is 5.73 Å². The van der Waals surface area contributed by atoms with E-state index in [0.29, 0.717) is 0 Å². The maximum Gasteiger partial charge on any atom is 0.240 e. The number of aromatic amines is 1. The highest BCUT2D eigenvalue weighted by Crippen LogP contribution is 2.18. The highest BCUT2D eigenvalue weighted by atomic mass is 32.2. The fraction of sp³-hybridized carbons (Fsp3) is 0.364. The third kappa shape index (κ3) is 3.38. The molecule has 0 saturated carbocycles. The van der Waals surface area contributed by atoms with Crippen LogP contribution in [0.3, 0.4) is 0 Å². The predicted octanol–water partition coefficient (Wildman–Crippen LogP) is 0.0880. The number of nitrogens with zero attached hydrogens (tertiary/aromatic N) is 3. The summed E-state index contributed by atoms with van der Waals surface area (Å²) >= 11 is 0. The van der Waals surface area contributed by atoms with Crippen LogP contribution in [0.1, 0.15) is 30.8 Å². The van der Waals surface area contributed by atoms with Crippen LogP contribution in [0, 0.1) is 0 Å². The Morgan fingerprint density at radius 3 is 2.90 bits per heavy atom. The van der Waals surface area contributed by atoms with Crippen molar-refractivity contribution in [3.63, 3.8) is 0 Å². The summed E-state index contributed by atoms with van der Waals surface area (Å²) in [7, 11) is -3.63. The van der Waals surface area contributed by atoms with Crippen LogP contribution in [0.25, 0.3) is 0 Å². The first kappa shape index (κ1) is 14.6. The number of rotatable bonds is 6. The van der Waals surface area contributed by atoms with Gasteiger partial charge < -0.3 is 5.73 Å². The molecule has 9 heteroatoms. The first-order valence-electron chi connectivity index (χ1n) is 6.10. The smallest absolute Gasteiger partial charge is 0.240 e. The quantitative estimate of drug-likeness (QED) is 0.693. The molecule has 2 aromatic rings. The number of aromatic nitrogens is 4. The third-order valence-electron chi connectivity index (χ3n) is 2.85. The van der Waals surface area contributed by atoms with Crippen molar-refractivity contribution in [1.82, 2.24) is 25.3 Å². The molecule has 108 valence electrons. The second-order valence-electron chi connectivity index (χ2n) is 4.24. The lowest BCUT2D eigenvalue weighted by molar-refractivity contribution is 0.578. The molecule has 0 spiro atoms. The van der Waals surface area contributed by atoms with E-state index in [2.05, 4.69) is 25.3 Å². The molecule has 1 atom stereocenters. The van der Waals surface area contributed by atoms with Gasteiger partial charge in [-0.1, -0.05) is 24.3 Å². The Hall–Kier alpha value is -1.84. The number of nitrogens with one attached hydrogen (secondary N) is 2. The molecule has 0 aliphatic carbocycles. The van der Waals surface area contributed by atoms with Crippen molar-refractivity contribution in [1.29, 1.82) is 0 Å². The van der Waals surface area contributed by atoms with Crippen molar-refractivity contribution in [2.45, 2.75) is 30.8 Å². The monoisotopic (exact) mass is 296 g/mol. The molecule has 2 rings (SSSR count). The topological polar surface area (TPSA) is 127 Å². The number of nitrogens with two attached hydrogens (primary N) is 1. The van der Waals surface area contributed by atoms with Gasteiger partial charge in [-0.05, 0) is 24.1 Å². The number of hydrogen-bond acceptors (Lipinski definition) is 6. The predicted molar refractivity (Wildman–Crippen MR) is 71.9 cm³/mol. The summed E-state index contributed by atoms with van der Waals surface area (Å²) in [5.74, 6) is 0.273. The van der Waals surface area contributed by atoms with E-state index >= 15 is 0 Å². The summed E-state index contributed by atoms with van der Waals surface area (Å²) in [4.78, 5) is 0.169. The summed E-state index contributed by atoms with van der Waals surface area (Å²) in [6.45, 7) is 1.92. The minimum absolute atomic E-state index is 0.0249. The van der Waals surface area contributed by atoms with Crippen LogP contribution in [0.2, 0.25) is 0 Å². The molecule has 4 N–H and O–H groups in total. The van der Waals surface area contributed by atoms with E-state index in [1.165, 1.54) is 6.07 Å². The van der Waals surface area contributed by atoms with E-state index in [9.17, 15) is 8.42 Å². The number of hydrogen-bond donors (Lipinski definition) is 3. The first-order chi connectivity index (χ1) is 9.53. The number of sulfonamides is 1. The van der Waals surface area contributed by atoms with E-state index < -0.39 is 10.0 Å². The summed E-state index contributed by atoms with van der Waals surface area (Å²) in [5, 5.41) is 13.0. The number of H-pyrrole nitrogens is 1. The fourth-order valence-corrected chi connectivity index (χ4v) is 2.68. The lowest BCUT2D eigenvalue weighted by Gasteiger charge is -2.11. The zero-order valence-corrected chi connectivity index (χ0v) is 11.8. The molecule has 20 heavy (non-hydrogen) atoms. The third-order valence-corrected chi connectivity index (χ3v) is 4.24. The average molecular weight is 296 g/mol. The Labute approximate surface area is 116 Å². The summed E-state index contributed by atoms with van der Waals surface area (Å²) < 4.78 is 26.7. The normalized spacial score (nSPS) is 13.3. The zero-order valence-electron chi connectivity index (χ0n) is 10.9. The molecule has 0 radical (unpaired) electrons. The van der Waals surface area contributed by atoms with Gasteiger partial charge in [0.2, 0.25) is 10.0 Å². The van der Waals surface area contributed by atoms with Gasteiger partial charge in [-0.25, -0.2) is 13.1 Å². The summed E-state index contributed by atoms with van der Waals surface area (Å²) in [5.41, 5.74) is 6.70. The zero-order chi connectivity index (χ0) is 14.6. The van der Waals surface area contributed by atoms with Crippen molar-refractivity contribution >= 4 is 10.0 Å². The molecule has 0 saturated heterocycles. The molecular weight excluding hydrogens is 280 g/mol. The van der Waals surface area contributed by atoms with Gasteiger partial charge in [-0.2, -0.15) is 5.21 Å². The van der Waals surface area contributed by atoms with Gasteiger partial charge in [-0.15, -0.1) is 10.2 Å². The molecule has 0 aliphatic heterocycles. The summed E-state index contributed by atoms with van der Waals surface area (Å²) in [6.07, 6.45) is 0.736. The Morgan fingerprint density at radius 1 is 1.45 bits per heavy atom. The fourth-order valence-electron chi connectivity index (χ4n) is 1.65. The van der Waals surface area contributed by atoms with E-state index in [-0.39, 0.29) is 23.3 Å². The molecule has 0 bridgehead atoms. The molecule has 1 unspecified atom stereocenters. The van der Waals surface area contributed by atoms with E-state index in [1.807, 2.05) is 13.0 Å². The van der Waals surface area contributed by atoms with Crippen molar-refractivity contribution < 1.29 is 8.42 Å². The van der Waals surface area contributed by atoms with Gasteiger partial charge in [0.1, 0.15) is 0 Å². The van der Waals surface area contributed by atoms with Crippen LogP contribution in [0.5, 0.6) is 0 Å². The van der Waals surface area contributed by atoms with E-state index in [1.54, 1.807) is 12.1 Å². The molecule has 0 aliphatic rings. The molecule has 0 amide bonds. The molecule has 1 heterocycles. The second-order valence-corrected chi connectivity index (χ2v) is 6.01. The Kier molecular flexibility index (Phi) is 4.42.